The molecule has 1 aromatic carbocycles. The summed E-state index contributed by atoms with van der Waals surface area (Å²) in [6.45, 7) is 6.66. The van der Waals surface area contributed by atoms with Crippen molar-refractivity contribution in [1.29, 1.82) is 0 Å². The summed E-state index contributed by atoms with van der Waals surface area (Å²) in [5, 5.41) is 5.85. The molecule has 1 N–H and O–H groups in total. The number of nitrogens with one attached hydrogen (secondary N) is 1. The summed E-state index contributed by atoms with van der Waals surface area (Å²) in [4.78, 5) is 26.8. The molecule has 0 aliphatic rings. The lowest BCUT2D eigenvalue weighted by atomic mass is 10.1. The van der Waals surface area contributed by atoms with Crippen LogP contribution in [0.4, 0.5) is 4.79 Å². The van der Waals surface area contributed by atoms with Gasteiger partial charge in [0.2, 0.25) is 0 Å². The van der Waals surface area contributed by atoms with Crippen molar-refractivity contribution in [2.75, 3.05) is 0 Å². The molecule has 1 amide bonds. The number of ether oxygens (including phenoxy) is 2. The Bertz CT molecular complexity index is 616. The number of esters is 1. The highest BCUT2D eigenvalue weighted by Crippen LogP contribution is 2.10. The molecule has 0 heterocycles. The zero-order chi connectivity index (χ0) is 18.2. The molecule has 1 aromatic rings. The molecular formula is C16H26N4O4S2. The molecule has 0 radical (unpaired) electrons. The summed E-state index contributed by atoms with van der Waals surface area (Å²) >= 11 is 0. The Labute approximate surface area is 167 Å². The summed E-state index contributed by atoms with van der Waals surface area (Å²) in [5.41, 5.74) is 8.64. The van der Waals surface area contributed by atoms with Gasteiger partial charge in [-0.25, -0.2) is 9.59 Å². The molecule has 0 saturated heterocycles. The topological polar surface area (TPSA) is 113 Å². The third-order valence-electron chi connectivity index (χ3n) is 2.87. The van der Waals surface area contributed by atoms with E-state index in [1.54, 1.807) is 32.9 Å². The van der Waals surface area contributed by atoms with Crippen LogP contribution in [0.5, 0.6) is 0 Å². The minimum absolute atomic E-state index is 0. The number of carbonyl (C=O) groups is 2. The van der Waals surface area contributed by atoms with E-state index in [1.165, 1.54) is 6.92 Å². The Morgan fingerprint density at radius 3 is 2.31 bits per heavy atom. The van der Waals surface area contributed by atoms with Crippen LogP contribution in [0.25, 0.3) is 10.4 Å². The third kappa shape index (κ3) is 10.1. The Balaban J connectivity index is 0. The lowest BCUT2D eigenvalue weighted by molar-refractivity contribution is -0.148. The predicted octanol–water partition coefficient (Wildman–Crippen LogP) is 3.55. The minimum Gasteiger partial charge on any atom is -0.459 e. The highest BCUT2D eigenvalue weighted by Gasteiger charge is 2.30. The normalized spacial score (nSPS) is 12.2. The highest BCUT2D eigenvalue weighted by atomic mass is 32.1. The van der Waals surface area contributed by atoms with Gasteiger partial charge in [0.05, 0.1) is 6.04 Å². The maximum Gasteiger partial charge on any atom is 0.408 e. The molecule has 0 unspecified atom stereocenters. The van der Waals surface area contributed by atoms with E-state index >= 15 is 0 Å². The third-order valence-corrected chi connectivity index (χ3v) is 2.87. The first kappa shape index (κ1) is 26.2. The lowest BCUT2D eigenvalue weighted by Gasteiger charge is -2.24. The van der Waals surface area contributed by atoms with E-state index in [0.29, 0.717) is 0 Å². The van der Waals surface area contributed by atoms with Crippen LogP contribution in [0, 0.1) is 0 Å². The van der Waals surface area contributed by atoms with Crippen molar-refractivity contribution in [2.45, 2.75) is 52.0 Å². The predicted molar refractivity (Wildman–Crippen MR) is 109 cm³/mol. The fourth-order valence-corrected chi connectivity index (χ4v) is 1.78. The lowest BCUT2D eigenvalue weighted by Crippen LogP contribution is -2.49. The Morgan fingerprint density at radius 2 is 1.81 bits per heavy atom. The number of rotatable bonds is 6. The van der Waals surface area contributed by atoms with Gasteiger partial charge in [-0.05, 0) is 31.9 Å². The van der Waals surface area contributed by atoms with Crippen molar-refractivity contribution in [3.8, 4) is 0 Å². The van der Waals surface area contributed by atoms with Crippen molar-refractivity contribution in [2.24, 2.45) is 5.11 Å². The zero-order valence-corrected chi connectivity index (χ0v) is 17.2. The van der Waals surface area contributed by atoms with Gasteiger partial charge >= 0.3 is 12.1 Å². The fraction of sp³-hybridized carbons (Fsp3) is 0.500. The van der Waals surface area contributed by atoms with E-state index in [0.717, 1.165) is 5.56 Å². The Kier molecular flexibility index (Phi) is 12.4. The highest BCUT2D eigenvalue weighted by molar-refractivity contribution is 7.59. The number of benzene rings is 1. The van der Waals surface area contributed by atoms with Crippen molar-refractivity contribution >= 4 is 39.1 Å². The number of hydrogen-bond acceptors (Lipinski definition) is 5. The van der Waals surface area contributed by atoms with E-state index in [4.69, 9.17) is 15.0 Å². The monoisotopic (exact) mass is 402 g/mol. The Hall–Kier alpha value is -2.03. The van der Waals surface area contributed by atoms with E-state index in [2.05, 4.69) is 15.3 Å². The van der Waals surface area contributed by atoms with E-state index < -0.39 is 29.7 Å². The van der Waals surface area contributed by atoms with Gasteiger partial charge in [0.15, 0.2) is 0 Å². The van der Waals surface area contributed by atoms with E-state index in [1.807, 2.05) is 18.2 Å². The molecule has 0 aliphatic carbocycles. The Morgan fingerprint density at radius 1 is 1.23 bits per heavy atom. The summed E-state index contributed by atoms with van der Waals surface area (Å²) in [5.74, 6) is -0.704. The average molecular weight is 403 g/mol. The summed E-state index contributed by atoms with van der Waals surface area (Å²) in [7, 11) is 0. The maximum absolute atomic E-state index is 12.3. The quantitative estimate of drug-likeness (QED) is 0.339. The number of alkyl carbamates (subject to hydrolysis) is 1. The van der Waals surface area contributed by atoms with Crippen LogP contribution >= 0.6 is 27.0 Å². The van der Waals surface area contributed by atoms with Crippen LogP contribution in [0.1, 0.15) is 33.3 Å². The van der Waals surface area contributed by atoms with Gasteiger partial charge in [0.25, 0.3) is 0 Å². The van der Waals surface area contributed by atoms with Gasteiger partial charge in [-0.15, -0.1) is 0 Å². The molecule has 0 spiro atoms. The molecular weight excluding hydrogens is 376 g/mol. The van der Waals surface area contributed by atoms with Crippen molar-refractivity contribution in [3.05, 3.63) is 46.3 Å². The molecule has 0 bridgehead atoms. The summed E-state index contributed by atoms with van der Waals surface area (Å²) in [6.07, 6.45) is -0.788. The first-order valence-electron chi connectivity index (χ1n) is 7.47. The van der Waals surface area contributed by atoms with Crippen LogP contribution in [-0.4, -0.2) is 29.7 Å². The van der Waals surface area contributed by atoms with Crippen molar-refractivity contribution in [3.63, 3.8) is 0 Å². The molecule has 8 nitrogen and oxygen atoms in total. The van der Waals surface area contributed by atoms with Gasteiger partial charge < -0.3 is 14.8 Å². The second-order valence-corrected chi connectivity index (χ2v) is 6.16. The first-order chi connectivity index (χ1) is 11.2. The van der Waals surface area contributed by atoms with Gasteiger partial charge in [-0.3, -0.25) is 0 Å². The van der Waals surface area contributed by atoms with Crippen LogP contribution < -0.4 is 5.32 Å². The van der Waals surface area contributed by atoms with E-state index in [-0.39, 0.29) is 33.6 Å². The SMILES string of the molecule is C[C@H](N=[N+]=[N-])[C@H](NC(=O)OC(C)(C)C)C(=O)OCc1ccccc1.S.S. The number of nitrogens with zero attached hydrogens (tertiary/aromatic N) is 3. The second-order valence-electron chi connectivity index (χ2n) is 6.16. The molecule has 146 valence electrons. The van der Waals surface area contributed by atoms with E-state index in [9.17, 15) is 9.59 Å². The van der Waals surface area contributed by atoms with Gasteiger partial charge in [-0.2, -0.15) is 27.0 Å². The average Bonchev–Trinajstić information content (AvgIpc) is 2.50. The molecule has 0 saturated carbocycles. The number of azide groups is 1. The van der Waals surface area contributed by atoms with Crippen LogP contribution in [-0.2, 0) is 20.9 Å². The fourth-order valence-electron chi connectivity index (χ4n) is 1.78. The molecule has 0 aliphatic heterocycles. The standard InChI is InChI=1S/C16H22N4O4.2H2S/c1-11(19-20-17)13(18-15(22)24-16(2,3)4)14(21)23-10-12-8-6-5-7-9-12;;/h5-9,11,13H,10H2,1-4H3,(H,18,22);2*1H2/t11-,13-;;/m0../s1. The summed E-state index contributed by atoms with van der Waals surface area (Å²) < 4.78 is 10.3. The van der Waals surface area contributed by atoms with Crippen LogP contribution in [0.2, 0.25) is 0 Å². The van der Waals surface area contributed by atoms with Crippen LogP contribution in [0.3, 0.4) is 0 Å². The zero-order valence-electron chi connectivity index (χ0n) is 15.2. The van der Waals surface area contributed by atoms with Crippen molar-refractivity contribution in [1.82, 2.24) is 5.32 Å². The molecule has 0 aromatic heterocycles. The van der Waals surface area contributed by atoms with Gasteiger partial charge in [0, 0.05) is 4.91 Å². The van der Waals surface area contributed by atoms with Crippen LogP contribution in [0.15, 0.2) is 35.4 Å². The largest absolute Gasteiger partial charge is 0.459 e. The van der Waals surface area contributed by atoms with Gasteiger partial charge in [-0.1, -0.05) is 42.4 Å². The number of hydrogen-bond donors (Lipinski definition) is 1. The first-order valence-corrected chi connectivity index (χ1v) is 7.47. The summed E-state index contributed by atoms with van der Waals surface area (Å²) in [6, 6.07) is 7.14. The van der Waals surface area contributed by atoms with Gasteiger partial charge in [0.1, 0.15) is 18.2 Å². The second kappa shape index (κ2) is 12.3. The molecule has 2 atom stereocenters. The van der Waals surface area contributed by atoms with Crippen molar-refractivity contribution < 1.29 is 19.1 Å². The maximum atomic E-state index is 12.3. The smallest absolute Gasteiger partial charge is 0.408 e. The number of amides is 1. The molecule has 0 fully saturated rings. The molecule has 26 heavy (non-hydrogen) atoms. The minimum atomic E-state index is -1.14. The molecule has 10 heteroatoms. The molecule has 1 rings (SSSR count). The number of carbonyl (C=O) groups excluding carboxylic acids is 2.